The standard InChI is InChI=1S/C27H31N3O3/c1-4-33-20-11-9-18(10-12-20)26-23-17-30(16-19-7-5-6-8-25(19)32-3)24-14-13-21(31-2)15-22(24)27(23)29-28-26/h5-15,23,26-29H,4,16-17H2,1-3H3. The van der Waals surface area contributed by atoms with E-state index in [1.807, 2.05) is 25.1 Å². The first-order valence-electron chi connectivity index (χ1n) is 11.5. The van der Waals surface area contributed by atoms with Crippen LogP contribution in [0, 0.1) is 5.92 Å². The molecule has 2 aliphatic rings. The van der Waals surface area contributed by atoms with Gasteiger partial charge in [0.1, 0.15) is 17.2 Å². The molecular formula is C27H31N3O3. The van der Waals surface area contributed by atoms with Crippen molar-refractivity contribution in [1.29, 1.82) is 0 Å². The zero-order valence-electron chi connectivity index (χ0n) is 19.4. The molecule has 0 radical (unpaired) electrons. The third kappa shape index (κ3) is 4.12. The molecule has 33 heavy (non-hydrogen) atoms. The Morgan fingerprint density at radius 1 is 0.879 bits per heavy atom. The number of ether oxygens (including phenoxy) is 3. The maximum atomic E-state index is 5.64. The van der Waals surface area contributed by atoms with Gasteiger partial charge in [-0.3, -0.25) is 0 Å². The summed E-state index contributed by atoms with van der Waals surface area (Å²) in [5.41, 5.74) is 12.0. The molecule has 6 heteroatoms. The van der Waals surface area contributed by atoms with Crippen LogP contribution in [0.15, 0.2) is 66.7 Å². The van der Waals surface area contributed by atoms with E-state index in [1.165, 1.54) is 22.4 Å². The predicted molar refractivity (Wildman–Crippen MR) is 130 cm³/mol. The van der Waals surface area contributed by atoms with Crippen LogP contribution in [0.3, 0.4) is 0 Å². The van der Waals surface area contributed by atoms with E-state index in [0.717, 1.165) is 30.3 Å². The first-order valence-corrected chi connectivity index (χ1v) is 11.5. The normalized spacial score (nSPS) is 21.3. The molecule has 2 N–H and O–H groups in total. The van der Waals surface area contributed by atoms with Gasteiger partial charge in [-0.15, -0.1) is 0 Å². The second-order valence-corrected chi connectivity index (χ2v) is 8.53. The van der Waals surface area contributed by atoms with E-state index in [-0.39, 0.29) is 12.1 Å². The number of para-hydroxylation sites is 1. The van der Waals surface area contributed by atoms with E-state index in [4.69, 9.17) is 14.2 Å². The molecule has 6 nitrogen and oxygen atoms in total. The van der Waals surface area contributed by atoms with Crippen molar-refractivity contribution in [2.45, 2.75) is 25.6 Å². The van der Waals surface area contributed by atoms with Crippen molar-refractivity contribution >= 4 is 5.69 Å². The van der Waals surface area contributed by atoms with Crippen LogP contribution >= 0.6 is 0 Å². The second kappa shape index (κ2) is 9.33. The summed E-state index contributed by atoms with van der Waals surface area (Å²) >= 11 is 0. The number of nitrogens with zero attached hydrogens (tertiary/aromatic N) is 1. The van der Waals surface area contributed by atoms with Gasteiger partial charge in [0.2, 0.25) is 0 Å². The van der Waals surface area contributed by atoms with Crippen molar-refractivity contribution in [3.63, 3.8) is 0 Å². The molecule has 0 saturated carbocycles. The Morgan fingerprint density at radius 3 is 2.39 bits per heavy atom. The number of nitrogens with one attached hydrogen (secondary N) is 2. The molecule has 3 aromatic carbocycles. The molecule has 5 rings (SSSR count). The molecule has 3 aromatic rings. The predicted octanol–water partition coefficient (Wildman–Crippen LogP) is 4.63. The van der Waals surface area contributed by atoms with Crippen molar-refractivity contribution in [3.05, 3.63) is 83.4 Å². The molecule has 1 saturated heterocycles. The first-order chi connectivity index (χ1) is 16.2. The lowest BCUT2D eigenvalue weighted by molar-refractivity contribution is 0.339. The van der Waals surface area contributed by atoms with Crippen molar-refractivity contribution in [3.8, 4) is 17.2 Å². The van der Waals surface area contributed by atoms with Crippen LogP contribution in [-0.2, 0) is 6.54 Å². The molecule has 0 aliphatic carbocycles. The van der Waals surface area contributed by atoms with Gasteiger partial charge < -0.3 is 19.1 Å². The van der Waals surface area contributed by atoms with Crippen LogP contribution in [0.4, 0.5) is 5.69 Å². The van der Waals surface area contributed by atoms with Gasteiger partial charge in [-0.05, 0) is 54.4 Å². The summed E-state index contributed by atoms with van der Waals surface area (Å²) in [7, 11) is 3.45. The Hall–Kier alpha value is -3.22. The van der Waals surface area contributed by atoms with Gasteiger partial charge >= 0.3 is 0 Å². The van der Waals surface area contributed by atoms with Crippen molar-refractivity contribution in [1.82, 2.24) is 10.9 Å². The topological polar surface area (TPSA) is 55.0 Å². The molecule has 172 valence electrons. The smallest absolute Gasteiger partial charge is 0.123 e. The van der Waals surface area contributed by atoms with E-state index in [0.29, 0.717) is 12.5 Å². The zero-order chi connectivity index (χ0) is 22.8. The molecule has 2 aliphatic heterocycles. The fourth-order valence-corrected chi connectivity index (χ4v) is 5.11. The average Bonchev–Trinajstić information content (AvgIpc) is 3.29. The average molecular weight is 446 g/mol. The maximum Gasteiger partial charge on any atom is 0.123 e. The molecule has 0 aromatic heterocycles. The highest BCUT2D eigenvalue weighted by molar-refractivity contribution is 5.61. The monoisotopic (exact) mass is 445 g/mol. The summed E-state index contributed by atoms with van der Waals surface area (Å²) in [6.07, 6.45) is 0. The first kappa shape index (κ1) is 21.6. The minimum Gasteiger partial charge on any atom is -0.497 e. The van der Waals surface area contributed by atoms with Crippen LogP contribution < -0.4 is 30.0 Å². The Labute approximate surface area is 195 Å². The molecule has 0 bridgehead atoms. The lowest BCUT2D eigenvalue weighted by Crippen LogP contribution is -2.39. The van der Waals surface area contributed by atoms with Crippen molar-refractivity contribution in [2.75, 3.05) is 32.3 Å². The molecule has 0 spiro atoms. The Kier molecular flexibility index (Phi) is 6.11. The van der Waals surface area contributed by atoms with Crippen LogP contribution in [0.5, 0.6) is 17.2 Å². The number of methoxy groups -OCH3 is 2. The number of anilines is 1. The summed E-state index contributed by atoms with van der Waals surface area (Å²) in [5.74, 6) is 3.04. The number of hydrogen-bond acceptors (Lipinski definition) is 6. The number of hydrogen-bond donors (Lipinski definition) is 2. The zero-order valence-corrected chi connectivity index (χ0v) is 19.4. The van der Waals surface area contributed by atoms with Gasteiger partial charge in [-0.1, -0.05) is 30.3 Å². The fourth-order valence-electron chi connectivity index (χ4n) is 5.11. The van der Waals surface area contributed by atoms with Crippen LogP contribution in [0.2, 0.25) is 0 Å². The highest BCUT2D eigenvalue weighted by Gasteiger charge is 2.43. The Balaban J connectivity index is 1.49. The number of rotatable bonds is 7. The minimum absolute atomic E-state index is 0.185. The molecule has 2 heterocycles. The van der Waals surface area contributed by atoms with Gasteiger partial charge in [-0.25, -0.2) is 10.9 Å². The lowest BCUT2D eigenvalue weighted by atomic mass is 9.82. The lowest BCUT2D eigenvalue weighted by Gasteiger charge is -2.39. The second-order valence-electron chi connectivity index (χ2n) is 8.53. The highest BCUT2D eigenvalue weighted by Crippen LogP contribution is 2.47. The number of hydrazine groups is 1. The molecule has 1 fully saturated rings. The van der Waals surface area contributed by atoms with Crippen LogP contribution in [-0.4, -0.2) is 27.4 Å². The third-order valence-corrected chi connectivity index (χ3v) is 6.70. The third-order valence-electron chi connectivity index (χ3n) is 6.70. The van der Waals surface area contributed by atoms with Gasteiger partial charge in [0.05, 0.1) is 32.9 Å². The summed E-state index contributed by atoms with van der Waals surface area (Å²) in [5, 5.41) is 0. The summed E-state index contributed by atoms with van der Waals surface area (Å²) in [6.45, 7) is 4.37. The number of fused-ring (bicyclic) bond motifs is 3. The van der Waals surface area contributed by atoms with Crippen LogP contribution in [0.25, 0.3) is 0 Å². The van der Waals surface area contributed by atoms with Gasteiger partial charge in [0.15, 0.2) is 0 Å². The van der Waals surface area contributed by atoms with E-state index in [2.05, 4.69) is 64.3 Å². The van der Waals surface area contributed by atoms with E-state index < -0.39 is 0 Å². The van der Waals surface area contributed by atoms with E-state index >= 15 is 0 Å². The van der Waals surface area contributed by atoms with Crippen molar-refractivity contribution in [2.24, 2.45) is 5.92 Å². The maximum absolute atomic E-state index is 5.64. The van der Waals surface area contributed by atoms with Gasteiger partial charge in [-0.2, -0.15) is 0 Å². The minimum atomic E-state index is 0.185. The highest BCUT2D eigenvalue weighted by atomic mass is 16.5. The quantitative estimate of drug-likeness (QED) is 0.553. The fraction of sp³-hybridized carbons (Fsp3) is 0.333. The SMILES string of the molecule is CCOc1ccc(C2NNC3c4cc(OC)ccc4N(Cc4ccccc4OC)CC23)cc1. The molecule has 3 atom stereocenters. The van der Waals surface area contributed by atoms with Gasteiger partial charge in [0.25, 0.3) is 0 Å². The number of benzene rings is 3. The molecular weight excluding hydrogens is 414 g/mol. The Bertz CT molecular complexity index is 1100. The van der Waals surface area contributed by atoms with Crippen LogP contribution in [0.1, 0.15) is 35.7 Å². The summed E-state index contributed by atoms with van der Waals surface area (Å²) in [4.78, 5) is 2.46. The summed E-state index contributed by atoms with van der Waals surface area (Å²) in [6, 6.07) is 23.5. The molecule has 3 unspecified atom stereocenters. The van der Waals surface area contributed by atoms with Crippen molar-refractivity contribution < 1.29 is 14.2 Å². The van der Waals surface area contributed by atoms with Gasteiger partial charge in [0, 0.05) is 30.3 Å². The largest absolute Gasteiger partial charge is 0.497 e. The molecule has 0 amide bonds. The van der Waals surface area contributed by atoms with E-state index in [1.54, 1.807) is 14.2 Å². The summed E-state index contributed by atoms with van der Waals surface area (Å²) < 4.78 is 16.8. The Morgan fingerprint density at radius 2 is 1.64 bits per heavy atom. The van der Waals surface area contributed by atoms with E-state index in [9.17, 15) is 0 Å².